The van der Waals surface area contributed by atoms with Gasteiger partial charge in [0.2, 0.25) is 11.8 Å². The first-order valence-corrected chi connectivity index (χ1v) is 11.9. The third-order valence-electron chi connectivity index (χ3n) is 6.34. The van der Waals surface area contributed by atoms with Gasteiger partial charge in [-0.05, 0) is 42.5 Å². The van der Waals surface area contributed by atoms with E-state index in [4.69, 9.17) is 0 Å². The minimum absolute atomic E-state index is 0.0156. The normalized spacial score (nSPS) is 19.9. The number of anilines is 1. The fraction of sp³-hybridized carbons (Fsp3) is 0.478. The summed E-state index contributed by atoms with van der Waals surface area (Å²) in [6, 6.07) is 7.29. The molecule has 0 aliphatic carbocycles. The van der Waals surface area contributed by atoms with Crippen LogP contribution < -0.4 is 5.32 Å². The molecule has 2 aromatic rings. The molecule has 178 valence electrons. The molecule has 10 heteroatoms. The van der Waals surface area contributed by atoms with Crippen LogP contribution in [0.4, 0.5) is 18.9 Å². The number of hydrogen-bond donors (Lipinski definition) is 1. The van der Waals surface area contributed by atoms with Gasteiger partial charge in [-0.3, -0.25) is 19.4 Å². The van der Waals surface area contributed by atoms with Crippen LogP contribution in [0.25, 0.3) is 0 Å². The number of rotatable bonds is 5. The Balaban J connectivity index is 1.25. The summed E-state index contributed by atoms with van der Waals surface area (Å²) < 4.78 is 39.4. The molecule has 0 spiro atoms. The summed E-state index contributed by atoms with van der Waals surface area (Å²) in [5.74, 6) is -0.427. The van der Waals surface area contributed by atoms with Crippen LogP contribution in [0.15, 0.2) is 35.7 Å². The Bertz CT molecular complexity index is 1000. The molecule has 1 saturated heterocycles. The van der Waals surface area contributed by atoms with Gasteiger partial charge in [0.05, 0.1) is 24.3 Å². The summed E-state index contributed by atoms with van der Waals surface area (Å²) in [7, 11) is 0. The van der Waals surface area contributed by atoms with E-state index in [1.165, 1.54) is 28.6 Å². The van der Waals surface area contributed by atoms with Crippen molar-refractivity contribution in [2.45, 2.75) is 25.6 Å². The molecule has 33 heavy (non-hydrogen) atoms. The lowest BCUT2D eigenvalue weighted by Crippen LogP contribution is -2.53. The first-order chi connectivity index (χ1) is 15.7. The lowest BCUT2D eigenvalue weighted by atomic mass is 10.0. The molecule has 1 N–H and O–H groups in total. The number of carbonyl (C=O) groups excluding carboxylic acids is 2. The van der Waals surface area contributed by atoms with Gasteiger partial charge in [0.25, 0.3) is 0 Å². The van der Waals surface area contributed by atoms with Gasteiger partial charge in [-0.1, -0.05) is 12.1 Å². The lowest BCUT2D eigenvalue weighted by molar-refractivity contribution is -0.137. The molecule has 6 nitrogen and oxygen atoms in total. The average Bonchev–Trinajstić information content (AvgIpc) is 3.25. The lowest BCUT2D eigenvalue weighted by Gasteiger charge is -2.37. The van der Waals surface area contributed by atoms with Gasteiger partial charge in [0.1, 0.15) is 0 Å². The highest BCUT2D eigenvalue weighted by Crippen LogP contribution is 2.35. The molecule has 0 bridgehead atoms. The summed E-state index contributed by atoms with van der Waals surface area (Å²) in [5, 5.41) is 4.48. The third-order valence-corrected chi connectivity index (χ3v) is 7.34. The Morgan fingerprint density at radius 2 is 1.79 bits per heavy atom. The second kappa shape index (κ2) is 9.82. The van der Waals surface area contributed by atoms with Gasteiger partial charge < -0.3 is 10.2 Å². The Hall–Kier alpha value is -2.43. The summed E-state index contributed by atoms with van der Waals surface area (Å²) in [6.45, 7) is 5.35. The maximum atomic E-state index is 13.1. The van der Waals surface area contributed by atoms with Crippen molar-refractivity contribution >= 4 is 28.8 Å². The van der Waals surface area contributed by atoms with Crippen LogP contribution in [-0.2, 0) is 22.2 Å². The van der Waals surface area contributed by atoms with Crippen LogP contribution in [-0.4, -0.2) is 72.3 Å². The topological polar surface area (TPSA) is 55.9 Å². The first-order valence-electron chi connectivity index (χ1n) is 11.0. The smallest absolute Gasteiger partial charge is 0.339 e. The zero-order chi connectivity index (χ0) is 23.6. The number of fused-ring (bicyclic) bond motifs is 1. The zero-order valence-corrected chi connectivity index (χ0v) is 19.2. The van der Waals surface area contributed by atoms with Crippen molar-refractivity contribution in [3.05, 3.63) is 51.7 Å². The predicted molar refractivity (Wildman–Crippen MR) is 121 cm³/mol. The molecule has 4 rings (SSSR count). The Morgan fingerprint density at radius 3 is 2.52 bits per heavy atom. The first kappa shape index (κ1) is 23.7. The van der Waals surface area contributed by atoms with Crippen LogP contribution in [0.3, 0.4) is 0 Å². The van der Waals surface area contributed by atoms with Gasteiger partial charge >= 0.3 is 6.18 Å². The number of benzene rings is 1. The van der Waals surface area contributed by atoms with E-state index >= 15 is 0 Å². The predicted octanol–water partition coefficient (Wildman–Crippen LogP) is 3.47. The number of thiophene rings is 1. The zero-order valence-electron chi connectivity index (χ0n) is 18.4. The highest BCUT2D eigenvalue weighted by atomic mass is 32.1. The van der Waals surface area contributed by atoms with E-state index in [0.717, 1.165) is 19.0 Å². The van der Waals surface area contributed by atoms with Crippen molar-refractivity contribution in [3.8, 4) is 0 Å². The molecule has 0 unspecified atom stereocenters. The minimum atomic E-state index is -4.54. The number of para-hydroxylation sites is 1. The number of carbonyl (C=O) groups is 2. The molecule has 2 amide bonds. The standard InChI is InChI=1S/C23H27F3N4O2S/c1-16-17-7-13-33-20(17)6-8-30(16)15-22(32)29-11-9-28(10-12-29)14-21(31)27-19-5-3-2-4-18(19)23(24,25)26/h2-5,7,13,16H,6,8-12,14-15H2,1H3,(H,27,31)/t16-/m1/s1. The molecule has 2 aliphatic rings. The van der Waals surface area contributed by atoms with E-state index in [-0.39, 0.29) is 24.2 Å². The van der Waals surface area contributed by atoms with Crippen molar-refractivity contribution in [1.29, 1.82) is 0 Å². The number of alkyl halides is 3. The molecule has 0 saturated carbocycles. The van der Waals surface area contributed by atoms with Crippen LogP contribution in [0.2, 0.25) is 0 Å². The van der Waals surface area contributed by atoms with Crippen molar-refractivity contribution in [2.75, 3.05) is 51.1 Å². The number of halogens is 3. The van der Waals surface area contributed by atoms with Gasteiger partial charge in [0.15, 0.2) is 0 Å². The Morgan fingerprint density at radius 1 is 1.06 bits per heavy atom. The van der Waals surface area contributed by atoms with Crippen molar-refractivity contribution in [3.63, 3.8) is 0 Å². The van der Waals surface area contributed by atoms with Gasteiger partial charge in [-0.25, -0.2) is 0 Å². The van der Waals surface area contributed by atoms with E-state index in [1.54, 1.807) is 11.3 Å². The quantitative estimate of drug-likeness (QED) is 0.712. The Kier molecular flexibility index (Phi) is 7.06. The molecule has 2 aliphatic heterocycles. The molecule has 3 heterocycles. The highest BCUT2D eigenvalue weighted by molar-refractivity contribution is 7.10. The fourth-order valence-corrected chi connectivity index (χ4v) is 5.40. The van der Waals surface area contributed by atoms with E-state index in [1.807, 2.05) is 9.80 Å². The number of nitrogens with one attached hydrogen (secondary N) is 1. The minimum Gasteiger partial charge on any atom is -0.339 e. The number of amides is 2. The van der Waals surface area contributed by atoms with Gasteiger partial charge in [-0.2, -0.15) is 13.2 Å². The number of piperazine rings is 1. The van der Waals surface area contributed by atoms with Crippen LogP contribution in [0.1, 0.15) is 29.0 Å². The van der Waals surface area contributed by atoms with Gasteiger partial charge in [0, 0.05) is 43.6 Å². The van der Waals surface area contributed by atoms with Crippen LogP contribution in [0, 0.1) is 0 Å². The highest BCUT2D eigenvalue weighted by Gasteiger charge is 2.34. The number of hydrogen-bond acceptors (Lipinski definition) is 5. The van der Waals surface area contributed by atoms with Crippen molar-refractivity contribution in [2.24, 2.45) is 0 Å². The van der Waals surface area contributed by atoms with Gasteiger partial charge in [-0.15, -0.1) is 11.3 Å². The van der Waals surface area contributed by atoms with E-state index in [9.17, 15) is 22.8 Å². The molecule has 1 fully saturated rings. The monoisotopic (exact) mass is 480 g/mol. The van der Waals surface area contributed by atoms with Crippen molar-refractivity contribution < 1.29 is 22.8 Å². The maximum absolute atomic E-state index is 13.1. The molecule has 1 aromatic heterocycles. The third kappa shape index (κ3) is 5.56. The van der Waals surface area contributed by atoms with Crippen molar-refractivity contribution in [1.82, 2.24) is 14.7 Å². The SMILES string of the molecule is C[C@@H]1c2ccsc2CCN1CC(=O)N1CCN(CC(=O)Nc2ccccc2C(F)(F)F)CC1. The summed E-state index contributed by atoms with van der Waals surface area (Å²) in [4.78, 5) is 32.5. The van der Waals surface area contributed by atoms with Crippen LogP contribution in [0.5, 0.6) is 0 Å². The van der Waals surface area contributed by atoms with E-state index < -0.39 is 17.6 Å². The Labute approximate surface area is 195 Å². The molecule has 1 atom stereocenters. The summed E-state index contributed by atoms with van der Waals surface area (Å²) in [5.41, 5.74) is 0.200. The molecule has 0 radical (unpaired) electrons. The summed E-state index contributed by atoms with van der Waals surface area (Å²) >= 11 is 1.77. The van der Waals surface area contributed by atoms with E-state index in [0.29, 0.717) is 32.7 Å². The second-order valence-electron chi connectivity index (χ2n) is 8.44. The largest absolute Gasteiger partial charge is 0.418 e. The second-order valence-corrected chi connectivity index (χ2v) is 9.44. The maximum Gasteiger partial charge on any atom is 0.418 e. The molecular formula is C23H27F3N4O2S. The van der Waals surface area contributed by atoms with E-state index in [2.05, 4.69) is 28.6 Å². The summed E-state index contributed by atoms with van der Waals surface area (Å²) in [6.07, 6.45) is -3.57. The number of nitrogens with zero attached hydrogens (tertiary/aromatic N) is 3. The molecular weight excluding hydrogens is 453 g/mol. The van der Waals surface area contributed by atoms with Crippen LogP contribution >= 0.6 is 11.3 Å². The fourth-order valence-electron chi connectivity index (χ4n) is 4.44. The molecule has 1 aromatic carbocycles. The average molecular weight is 481 g/mol.